The number of aromatic amines is 1. The average Bonchev–Trinajstić information content (AvgIpc) is 2.86. The van der Waals surface area contributed by atoms with Crippen LogP contribution >= 0.6 is 0 Å². The number of nitrogens with zero attached hydrogens (tertiary/aromatic N) is 2. The van der Waals surface area contributed by atoms with Crippen LogP contribution in [0, 0.1) is 5.92 Å². The van der Waals surface area contributed by atoms with Crippen LogP contribution in [0.5, 0.6) is 0 Å². The molecule has 0 spiro atoms. The van der Waals surface area contributed by atoms with E-state index in [9.17, 15) is 24.0 Å². The number of esters is 2. The van der Waals surface area contributed by atoms with Gasteiger partial charge in [0.15, 0.2) is 0 Å². The van der Waals surface area contributed by atoms with Gasteiger partial charge >= 0.3 is 11.9 Å². The number of aromatic nitrogens is 2. The molecule has 4 rings (SSSR count). The molecule has 1 aromatic carbocycles. The first-order valence-electron chi connectivity index (χ1n) is 11.5. The minimum Gasteiger partial charge on any atom is -0.465 e. The fourth-order valence-corrected chi connectivity index (χ4v) is 4.52. The number of piperidine rings is 1. The van der Waals surface area contributed by atoms with E-state index in [1.165, 1.54) is 32.4 Å². The summed E-state index contributed by atoms with van der Waals surface area (Å²) in [7, 11) is 2.36. The summed E-state index contributed by atoms with van der Waals surface area (Å²) in [6, 6.07) is 3.92. The lowest BCUT2D eigenvalue weighted by Crippen LogP contribution is -2.40. The Morgan fingerprint density at radius 2 is 1.75 bits per heavy atom. The van der Waals surface area contributed by atoms with Crippen molar-refractivity contribution in [3.8, 4) is 0 Å². The molecule has 3 N–H and O–H groups in total. The van der Waals surface area contributed by atoms with Gasteiger partial charge in [0.1, 0.15) is 5.82 Å². The zero-order valence-electron chi connectivity index (χ0n) is 20.2. The number of amides is 2. The Labute approximate surface area is 206 Å². The molecule has 0 radical (unpaired) electrons. The van der Waals surface area contributed by atoms with Crippen molar-refractivity contribution in [2.24, 2.45) is 5.92 Å². The van der Waals surface area contributed by atoms with Gasteiger partial charge in [-0.1, -0.05) is 6.92 Å². The molecule has 1 saturated heterocycles. The van der Waals surface area contributed by atoms with Crippen LogP contribution in [0.1, 0.15) is 58.4 Å². The van der Waals surface area contributed by atoms with Gasteiger partial charge in [-0.15, -0.1) is 0 Å². The Morgan fingerprint density at radius 1 is 1.08 bits per heavy atom. The molecule has 36 heavy (non-hydrogen) atoms. The Kier molecular flexibility index (Phi) is 7.04. The zero-order chi connectivity index (χ0) is 26.0. The molecule has 2 aliphatic rings. The van der Waals surface area contributed by atoms with Gasteiger partial charge in [-0.25, -0.2) is 9.59 Å². The van der Waals surface area contributed by atoms with Crippen molar-refractivity contribution in [2.45, 2.75) is 32.1 Å². The summed E-state index contributed by atoms with van der Waals surface area (Å²) in [6.07, 6.45) is 1.77. The van der Waals surface area contributed by atoms with Gasteiger partial charge in [0.2, 0.25) is 17.8 Å². The van der Waals surface area contributed by atoms with Crippen molar-refractivity contribution in [3.05, 3.63) is 45.2 Å². The number of rotatable bonds is 5. The number of hydrogen-bond donors (Lipinski definition) is 3. The highest BCUT2D eigenvalue weighted by atomic mass is 16.5. The monoisotopic (exact) mass is 497 g/mol. The number of hydrogen-bond acceptors (Lipinski definition) is 9. The molecule has 2 aromatic rings. The smallest absolute Gasteiger partial charge is 0.337 e. The third-order valence-electron chi connectivity index (χ3n) is 6.25. The van der Waals surface area contributed by atoms with E-state index in [0.29, 0.717) is 11.9 Å². The summed E-state index contributed by atoms with van der Waals surface area (Å²) >= 11 is 0. The predicted molar refractivity (Wildman–Crippen MR) is 129 cm³/mol. The van der Waals surface area contributed by atoms with E-state index >= 15 is 0 Å². The topological polar surface area (TPSA) is 160 Å². The molecule has 1 aromatic heterocycles. The molecule has 0 unspecified atom stereocenters. The van der Waals surface area contributed by atoms with Gasteiger partial charge in [0.25, 0.3) is 5.56 Å². The molecule has 12 heteroatoms. The summed E-state index contributed by atoms with van der Waals surface area (Å²) in [5.74, 6) is -2.89. The first-order chi connectivity index (χ1) is 17.2. The van der Waals surface area contributed by atoms with E-state index in [1.54, 1.807) is 0 Å². The molecule has 2 amide bonds. The number of fused-ring (bicyclic) bond motifs is 1. The molecular weight excluding hydrogens is 470 g/mol. The maximum Gasteiger partial charge on any atom is 0.337 e. The van der Waals surface area contributed by atoms with Crippen LogP contribution in [0.3, 0.4) is 0 Å². The number of carbonyl (C=O) groups excluding carboxylic acids is 4. The second kappa shape index (κ2) is 10.2. The maximum atomic E-state index is 13.2. The van der Waals surface area contributed by atoms with E-state index < -0.39 is 35.2 Å². The third kappa shape index (κ3) is 5.07. The molecule has 190 valence electrons. The minimum absolute atomic E-state index is 0.0115. The number of nitrogens with one attached hydrogen (secondary N) is 3. The minimum atomic E-state index is -1.14. The SMILES string of the molecule is COC(=O)c1cc(NC(=O)[C@@H]2CC(=O)Nc3nc(N4CCC[C@H](C)C4)[nH]c(=O)c32)cc(C(=O)OC)c1. The van der Waals surface area contributed by atoms with Crippen LogP contribution in [-0.2, 0) is 19.1 Å². The van der Waals surface area contributed by atoms with Gasteiger partial charge < -0.3 is 25.0 Å². The quantitative estimate of drug-likeness (QED) is 0.522. The van der Waals surface area contributed by atoms with Gasteiger partial charge in [-0.3, -0.25) is 19.4 Å². The molecular formula is C24H27N5O7. The maximum absolute atomic E-state index is 13.2. The molecule has 1 fully saturated rings. The fraction of sp³-hybridized carbons (Fsp3) is 0.417. The van der Waals surface area contributed by atoms with Crippen LogP contribution in [0.15, 0.2) is 23.0 Å². The summed E-state index contributed by atoms with van der Waals surface area (Å²) in [5, 5.41) is 5.20. The number of ether oxygens (including phenoxy) is 2. The second-order valence-corrected chi connectivity index (χ2v) is 8.92. The van der Waals surface area contributed by atoms with Gasteiger partial charge in [-0.2, -0.15) is 4.98 Å². The lowest BCUT2D eigenvalue weighted by Gasteiger charge is -2.32. The first kappa shape index (κ1) is 24.9. The highest BCUT2D eigenvalue weighted by molar-refractivity contribution is 6.05. The van der Waals surface area contributed by atoms with E-state index in [1.807, 2.05) is 4.90 Å². The first-order valence-corrected chi connectivity index (χ1v) is 11.5. The van der Waals surface area contributed by atoms with Crippen molar-refractivity contribution in [3.63, 3.8) is 0 Å². The second-order valence-electron chi connectivity index (χ2n) is 8.92. The Morgan fingerprint density at radius 3 is 2.36 bits per heavy atom. The highest BCUT2D eigenvalue weighted by Crippen LogP contribution is 2.31. The molecule has 0 aliphatic carbocycles. The van der Waals surface area contributed by atoms with Crippen LogP contribution in [-0.4, -0.2) is 61.0 Å². The Bertz CT molecular complexity index is 1250. The number of anilines is 3. The van der Waals surface area contributed by atoms with Crippen LogP contribution in [0.4, 0.5) is 17.5 Å². The highest BCUT2D eigenvalue weighted by Gasteiger charge is 2.35. The van der Waals surface area contributed by atoms with Crippen molar-refractivity contribution >= 4 is 41.2 Å². The van der Waals surface area contributed by atoms with E-state index in [4.69, 9.17) is 9.47 Å². The van der Waals surface area contributed by atoms with Crippen LogP contribution in [0.25, 0.3) is 0 Å². The molecule has 0 saturated carbocycles. The van der Waals surface area contributed by atoms with Gasteiger partial charge in [0, 0.05) is 25.2 Å². The lowest BCUT2D eigenvalue weighted by atomic mass is 9.92. The fourth-order valence-electron chi connectivity index (χ4n) is 4.52. The summed E-state index contributed by atoms with van der Waals surface area (Å²) in [6.45, 7) is 3.56. The molecule has 2 aliphatic heterocycles. The van der Waals surface area contributed by atoms with Crippen LogP contribution in [0.2, 0.25) is 0 Å². The van der Waals surface area contributed by atoms with Crippen LogP contribution < -0.4 is 21.1 Å². The number of benzene rings is 1. The summed E-state index contributed by atoms with van der Waals surface area (Å²) < 4.78 is 9.42. The molecule has 0 bridgehead atoms. The largest absolute Gasteiger partial charge is 0.465 e. The molecule has 12 nitrogen and oxygen atoms in total. The van der Waals surface area contributed by atoms with Gasteiger partial charge in [-0.05, 0) is 37.0 Å². The number of H-pyrrole nitrogens is 1. The lowest BCUT2D eigenvalue weighted by molar-refractivity contribution is -0.123. The normalized spacial score (nSPS) is 19.1. The zero-order valence-corrected chi connectivity index (χ0v) is 20.2. The average molecular weight is 498 g/mol. The Balaban J connectivity index is 1.66. The molecule has 3 heterocycles. The summed E-state index contributed by atoms with van der Waals surface area (Å²) in [5.41, 5.74) is -0.362. The predicted octanol–water partition coefficient (Wildman–Crippen LogP) is 1.64. The summed E-state index contributed by atoms with van der Waals surface area (Å²) in [4.78, 5) is 72.0. The Hall–Kier alpha value is -4.22. The van der Waals surface area contributed by atoms with Gasteiger partial charge in [0.05, 0.1) is 36.8 Å². The van der Waals surface area contributed by atoms with E-state index in [-0.39, 0.29) is 34.6 Å². The van der Waals surface area contributed by atoms with Crippen molar-refractivity contribution in [1.29, 1.82) is 0 Å². The van der Waals surface area contributed by atoms with Crippen molar-refractivity contribution in [1.82, 2.24) is 9.97 Å². The number of carbonyl (C=O) groups is 4. The third-order valence-corrected chi connectivity index (χ3v) is 6.25. The number of methoxy groups -OCH3 is 2. The van der Waals surface area contributed by atoms with Crippen molar-refractivity contribution in [2.75, 3.05) is 42.8 Å². The molecule has 2 atom stereocenters. The van der Waals surface area contributed by atoms with E-state index in [2.05, 4.69) is 27.5 Å². The van der Waals surface area contributed by atoms with Crippen molar-refractivity contribution < 1.29 is 28.7 Å². The van der Waals surface area contributed by atoms with E-state index in [0.717, 1.165) is 25.9 Å². The standard InChI is InChI=1S/C24H27N5O7/c1-12-5-4-6-29(11-12)24-27-19-18(21(32)28-24)16(10-17(30)26-19)20(31)25-15-8-13(22(33)35-2)7-14(9-15)23(34)36-3/h7-9,12,16H,4-6,10-11H2,1-3H3,(H,25,31)(H2,26,27,28,30,32)/t12-,16+/m0/s1.